The molecule has 0 saturated carbocycles. The Kier molecular flexibility index (Phi) is 7.06. The van der Waals surface area contributed by atoms with E-state index in [9.17, 15) is 9.59 Å². The fourth-order valence-corrected chi connectivity index (χ4v) is 3.35. The number of carbonyl (C=O) groups is 2. The van der Waals surface area contributed by atoms with Crippen LogP contribution in [0.2, 0.25) is 0 Å². The summed E-state index contributed by atoms with van der Waals surface area (Å²) in [5, 5.41) is 2.81. The van der Waals surface area contributed by atoms with E-state index in [1.165, 1.54) is 18.4 Å². The largest absolute Gasteiger partial charge is 0.484 e. The second-order valence-corrected chi connectivity index (χ2v) is 7.12. The standard InChI is InChI=1S/C23H28N2O3/c1-2-18-10-12-21(13-11-18)28-17-22(26)24-20-9-7-8-19(16-20)23(27)25-14-5-3-4-6-15-25/h7-13,16H,2-6,14-15,17H2,1H3,(H,24,26). The first-order valence-electron chi connectivity index (χ1n) is 10.1. The maximum absolute atomic E-state index is 12.7. The summed E-state index contributed by atoms with van der Waals surface area (Å²) < 4.78 is 5.54. The Morgan fingerprint density at radius 3 is 2.39 bits per heavy atom. The van der Waals surface area contributed by atoms with Crippen LogP contribution in [0.3, 0.4) is 0 Å². The lowest BCUT2D eigenvalue weighted by Gasteiger charge is -2.20. The molecule has 5 nitrogen and oxygen atoms in total. The molecule has 1 saturated heterocycles. The van der Waals surface area contributed by atoms with Crippen molar-refractivity contribution in [3.63, 3.8) is 0 Å². The number of hydrogen-bond acceptors (Lipinski definition) is 3. The molecule has 2 aromatic carbocycles. The van der Waals surface area contributed by atoms with Crippen LogP contribution in [0, 0.1) is 0 Å². The van der Waals surface area contributed by atoms with Gasteiger partial charge in [-0.3, -0.25) is 9.59 Å². The summed E-state index contributed by atoms with van der Waals surface area (Å²) in [7, 11) is 0. The van der Waals surface area contributed by atoms with Crippen LogP contribution in [0.4, 0.5) is 5.69 Å². The van der Waals surface area contributed by atoms with E-state index >= 15 is 0 Å². The number of carbonyl (C=O) groups excluding carboxylic acids is 2. The lowest BCUT2D eigenvalue weighted by molar-refractivity contribution is -0.118. The Hall–Kier alpha value is -2.82. The number of benzene rings is 2. The van der Waals surface area contributed by atoms with E-state index in [2.05, 4.69) is 12.2 Å². The third-order valence-corrected chi connectivity index (χ3v) is 4.99. The minimum atomic E-state index is -0.251. The SMILES string of the molecule is CCc1ccc(OCC(=O)Nc2cccc(C(=O)N3CCCCCC3)c2)cc1. The van der Waals surface area contributed by atoms with E-state index < -0.39 is 0 Å². The summed E-state index contributed by atoms with van der Waals surface area (Å²) in [6.45, 7) is 3.63. The van der Waals surface area contributed by atoms with Gasteiger partial charge in [0, 0.05) is 24.3 Å². The summed E-state index contributed by atoms with van der Waals surface area (Å²) >= 11 is 0. The first kappa shape index (κ1) is 19.9. The number of ether oxygens (including phenoxy) is 1. The summed E-state index contributed by atoms with van der Waals surface area (Å²) in [5.41, 5.74) is 2.44. The zero-order valence-electron chi connectivity index (χ0n) is 16.4. The van der Waals surface area contributed by atoms with Crippen LogP contribution in [0.15, 0.2) is 48.5 Å². The smallest absolute Gasteiger partial charge is 0.262 e. The molecule has 2 amide bonds. The molecule has 0 aromatic heterocycles. The van der Waals surface area contributed by atoms with Crippen LogP contribution in [-0.2, 0) is 11.2 Å². The number of aryl methyl sites for hydroxylation is 1. The van der Waals surface area contributed by atoms with Gasteiger partial charge in [0.15, 0.2) is 6.61 Å². The Balaban J connectivity index is 1.55. The predicted octanol–water partition coefficient (Wildman–Crippen LogP) is 4.28. The summed E-state index contributed by atoms with van der Waals surface area (Å²) in [5.74, 6) is 0.446. The fourth-order valence-electron chi connectivity index (χ4n) is 3.35. The van der Waals surface area contributed by atoms with Gasteiger partial charge < -0.3 is 15.0 Å². The molecule has 0 aliphatic carbocycles. The van der Waals surface area contributed by atoms with Crippen molar-refractivity contribution in [2.75, 3.05) is 25.0 Å². The van der Waals surface area contributed by atoms with Gasteiger partial charge in [-0.2, -0.15) is 0 Å². The number of rotatable bonds is 6. The Morgan fingerprint density at radius 1 is 1.00 bits per heavy atom. The van der Waals surface area contributed by atoms with E-state index in [1.807, 2.05) is 29.2 Å². The van der Waals surface area contributed by atoms with Crippen molar-refractivity contribution in [2.24, 2.45) is 0 Å². The second-order valence-electron chi connectivity index (χ2n) is 7.12. The third kappa shape index (κ3) is 5.59. The molecular weight excluding hydrogens is 352 g/mol. The lowest BCUT2D eigenvalue weighted by Crippen LogP contribution is -2.31. The highest BCUT2D eigenvalue weighted by molar-refractivity contribution is 5.97. The average Bonchev–Trinajstić information content (AvgIpc) is 3.02. The van der Waals surface area contributed by atoms with E-state index in [0.29, 0.717) is 17.0 Å². The van der Waals surface area contributed by atoms with Crippen LogP contribution >= 0.6 is 0 Å². The molecular formula is C23H28N2O3. The zero-order chi connectivity index (χ0) is 19.8. The van der Waals surface area contributed by atoms with Crippen LogP contribution in [0.5, 0.6) is 5.75 Å². The molecule has 148 valence electrons. The van der Waals surface area contributed by atoms with Gasteiger partial charge in [0.1, 0.15) is 5.75 Å². The van der Waals surface area contributed by atoms with E-state index in [0.717, 1.165) is 32.4 Å². The molecule has 0 radical (unpaired) electrons. The Bertz CT molecular complexity index is 794. The molecule has 28 heavy (non-hydrogen) atoms. The van der Waals surface area contributed by atoms with Crippen LogP contribution < -0.4 is 10.1 Å². The number of likely N-dealkylation sites (tertiary alicyclic amines) is 1. The molecule has 1 aliphatic heterocycles. The Labute approximate surface area is 166 Å². The van der Waals surface area contributed by atoms with Gasteiger partial charge in [0.05, 0.1) is 0 Å². The fraction of sp³-hybridized carbons (Fsp3) is 0.391. The number of amides is 2. The monoisotopic (exact) mass is 380 g/mol. The molecule has 0 spiro atoms. The summed E-state index contributed by atoms with van der Waals surface area (Å²) in [4.78, 5) is 26.9. The molecule has 1 aliphatic rings. The minimum absolute atomic E-state index is 0.0327. The summed E-state index contributed by atoms with van der Waals surface area (Å²) in [6, 6.07) is 14.8. The molecule has 1 heterocycles. The number of nitrogens with one attached hydrogen (secondary N) is 1. The van der Waals surface area contributed by atoms with Crippen molar-refractivity contribution >= 4 is 17.5 Å². The molecule has 0 atom stereocenters. The van der Waals surface area contributed by atoms with Crippen molar-refractivity contribution in [3.05, 3.63) is 59.7 Å². The van der Waals surface area contributed by atoms with Crippen LogP contribution in [0.1, 0.15) is 48.5 Å². The van der Waals surface area contributed by atoms with Crippen LogP contribution in [-0.4, -0.2) is 36.4 Å². The van der Waals surface area contributed by atoms with Gasteiger partial charge in [0.25, 0.3) is 11.8 Å². The first-order chi connectivity index (χ1) is 13.7. The normalized spacial score (nSPS) is 14.2. The number of hydrogen-bond donors (Lipinski definition) is 1. The molecule has 1 fully saturated rings. The molecule has 5 heteroatoms. The number of anilines is 1. The molecule has 1 N–H and O–H groups in total. The first-order valence-corrected chi connectivity index (χ1v) is 10.1. The Morgan fingerprint density at radius 2 is 1.71 bits per heavy atom. The molecule has 0 bridgehead atoms. The van der Waals surface area contributed by atoms with Gasteiger partial charge in [-0.15, -0.1) is 0 Å². The topological polar surface area (TPSA) is 58.6 Å². The van der Waals surface area contributed by atoms with E-state index in [4.69, 9.17) is 4.74 Å². The lowest BCUT2D eigenvalue weighted by atomic mass is 10.1. The maximum Gasteiger partial charge on any atom is 0.262 e. The number of nitrogens with zero attached hydrogens (tertiary/aromatic N) is 1. The van der Waals surface area contributed by atoms with Crippen LogP contribution in [0.25, 0.3) is 0 Å². The molecule has 2 aromatic rings. The van der Waals surface area contributed by atoms with Gasteiger partial charge >= 0.3 is 0 Å². The van der Waals surface area contributed by atoms with Crippen molar-refractivity contribution in [2.45, 2.75) is 39.0 Å². The van der Waals surface area contributed by atoms with Crippen molar-refractivity contribution in [3.8, 4) is 5.75 Å². The van der Waals surface area contributed by atoms with Crippen molar-refractivity contribution < 1.29 is 14.3 Å². The summed E-state index contributed by atoms with van der Waals surface area (Å²) in [6.07, 6.45) is 5.44. The van der Waals surface area contributed by atoms with Crippen molar-refractivity contribution in [1.29, 1.82) is 0 Å². The minimum Gasteiger partial charge on any atom is -0.484 e. The molecule has 0 unspecified atom stereocenters. The second kappa shape index (κ2) is 9.93. The van der Waals surface area contributed by atoms with Gasteiger partial charge in [0.2, 0.25) is 0 Å². The van der Waals surface area contributed by atoms with Gasteiger partial charge in [-0.05, 0) is 55.2 Å². The highest BCUT2D eigenvalue weighted by Crippen LogP contribution is 2.17. The maximum atomic E-state index is 12.7. The highest BCUT2D eigenvalue weighted by Gasteiger charge is 2.17. The molecule has 3 rings (SSSR count). The predicted molar refractivity (Wildman–Crippen MR) is 111 cm³/mol. The van der Waals surface area contributed by atoms with E-state index in [1.54, 1.807) is 24.3 Å². The highest BCUT2D eigenvalue weighted by atomic mass is 16.5. The third-order valence-electron chi connectivity index (χ3n) is 4.99. The van der Waals surface area contributed by atoms with E-state index in [-0.39, 0.29) is 18.4 Å². The zero-order valence-corrected chi connectivity index (χ0v) is 16.4. The van der Waals surface area contributed by atoms with Gasteiger partial charge in [-0.1, -0.05) is 38.0 Å². The van der Waals surface area contributed by atoms with Gasteiger partial charge in [-0.25, -0.2) is 0 Å². The quantitative estimate of drug-likeness (QED) is 0.814. The van der Waals surface area contributed by atoms with Crippen molar-refractivity contribution in [1.82, 2.24) is 4.90 Å². The average molecular weight is 380 g/mol.